The highest BCUT2D eigenvalue weighted by Crippen LogP contribution is 2.47. The largest absolute Gasteiger partial charge is 0.496 e. The maximum Gasteiger partial charge on any atom is 0.229 e. The first kappa shape index (κ1) is 20.5. The van der Waals surface area contributed by atoms with Gasteiger partial charge in [0.2, 0.25) is 5.91 Å². The Labute approximate surface area is 191 Å². The smallest absolute Gasteiger partial charge is 0.229 e. The quantitative estimate of drug-likeness (QED) is 0.546. The second-order valence-corrected chi connectivity index (χ2v) is 9.04. The Morgan fingerprint density at radius 3 is 2.75 bits per heavy atom. The van der Waals surface area contributed by atoms with Gasteiger partial charge in [0.25, 0.3) is 0 Å². The number of fused-ring (bicyclic) bond motifs is 2. The van der Waals surface area contributed by atoms with E-state index >= 15 is 0 Å². The summed E-state index contributed by atoms with van der Waals surface area (Å²) in [5.74, 6) is 1.11. The minimum absolute atomic E-state index is 0.0313. The van der Waals surface area contributed by atoms with Gasteiger partial charge in [-0.3, -0.25) is 9.69 Å². The van der Waals surface area contributed by atoms with Gasteiger partial charge in [0, 0.05) is 23.6 Å². The molecule has 0 bridgehead atoms. The number of carbonyl (C=O) groups excluding carboxylic acids is 1. The molecule has 1 amide bonds. The fourth-order valence-corrected chi connectivity index (χ4v) is 5.78. The van der Waals surface area contributed by atoms with Crippen LogP contribution in [0.4, 0.5) is 5.69 Å². The van der Waals surface area contributed by atoms with Crippen LogP contribution in [0.3, 0.4) is 0 Å². The lowest BCUT2D eigenvalue weighted by molar-refractivity contribution is -0.129. The maximum absolute atomic E-state index is 13.4. The Bertz CT molecular complexity index is 1290. The maximum atomic E-state index is 13.4. The van der Waals surface area contributed by atoms with E-state index in [1.165, 1.54) is 5.56 Å². The molecule has 160 valence electrons. The molecule has 2 heterocycles. The molecule has 1 atom stereocenters. The number of hydrogen-bond acceptors (Lipinski definition) is 5. The molecule has 1 saturated heterocycles. The summed E-state index contributed by atoms with van der Waals surface area (Å²) in [6.45, 7) is 2.52. The van der Waals surface area contributed by atoms with Crippen LogP contribution in [0.5, 0.6) is 5.75 Å². The van der Waals surface area contributed by atoms with Crippen molar-refractivity contribution in [2.75, 3.05) is 24.6 Å². The van der Waals surface area contributed by atoms with Gasteiger partial charge < -0.3 is 9.64 Å². The van der Waals surface area contributed by atoms with Crippen molar-refractivity contribution in [1.29, 1.82) is 5.26 Å². The van der Waals surface area contributed by atoms with Crippen LogP contribution in [0.15, 0.2) is 71.3 Å². The Morgan fingerprint density at radius 2 is 1.97 bits per heavy atom. The van der Waals surface area contributed by atoms with Crippen molar-refractivity contribution in [1.82, 2.24) is 4.90 Å². The van der Waals surface area contributed by atoms with E-state index in [9.17, 15) is 10.1 Å². The van der Waals surface area contributed by atoms with Crippen LogP contribution in [0.25, 0.3) is 10.8 Å². The number of amides is 1. The molecule has 0 aliphatic carbocycles. The van der Waals surface area contributed by atoms with Crippen LogP contribution in [0, 0.1) is 18.3 Å². The van der Waals surface area contributed by atoms with E-state index < -0.39 is 0 Å². The Kier molecular flexibility index (Phi) is 5.28. The fraction of sp³-hybridized carbons (Fsp3) is 0.231. The monoisotopic (exact) mass is 441 g/mol. The molecule has 0 aromatic heterocycles. The summed E-state index contributed by atoms with van der Waals surface area (Å²) in [4.78, 5) is 17.3. The van der Waals surface area contributed by atoms with Crippen molar-refractivity contribution in [3.05, 3.63) is 82.4 Å². The number of hydrogen-bond donors (Lipinski definition) is 0. The summed E-state index contributed by atoms with van der Waals surface area (Å²) in [5.41, 5.74) is 3.83. The predicted molar refractivity (Wildman–Crippen MR) is 128 cm³/mol. The Hall–Kier alpha value is -3.43. The number of methoxy groups -OCH3 is 1. The summed E-state index contributed by atoms with van der Waals surface area (Å²) in [5, 5.41) is 13.1. The third-order valence-electron chi connectivity index (χ3n) is 6.16. The van der Waals surface area contributed by atoms with Gasteiger partial charge in [0.1, 0.15) is 5.75 Å². The lowest BCUT2D eigenvalue weighted by Crippen LogP contribution is -2.47. The molecular formula is C26H23N3O2S. The van der Waals surface area contributed by atoms with Gasteiger partial charge in [-0.1, -0.05) is 54.2 Å². The zero-order valence-electron chi connectivity index (χ0n) is 18.0. The van der Waals surface area contributed by atoms with Crippen LogP contribution in [-0.2, 0) is 4.79 Å². The first-order valence-electron chi connectivity index (χ1n) is 10.6. The van der Waals surface area contributed by atoms with E-state index in [1.54, 1.807) is 23.8 Å². The van der Waals surface area contributed by atoms with Gasteiger partial charge in [0.15, 0.2) is 0 Å². The van der Waals surface area contributed by atoms with Gasteiger partial charge in [-0.15, -0.1) is 0 Å². The zero-order valence-corrected chi connectivity index (χ0v) is 18.9. The van der Waals surface area contributed by atoms with Gasteiger partial charge in [-0.25, -0.2) is 0 Å². The van der Waals surface area contributed by atoms with E-state index in [-0.39, 0.29) is 18.2 Å². The molecule has 0 N–H and O–H groups in total. The van der Waals surface area contributed by atoms with E-state index in [0.29, 0.717) is 23.9 Å². The van der Waals surface area contributed by atoms with Crippen molar-refractivity contribution < 1.29 is 9.53 Å². The fourth-order valence-electron chi connectivity index (χ4n) is 4.61. The average molecular weight is 442 g/mol. The molecule has 1 fully saturated rings. The second-order valence-electron chi connectivity index (χ2n) is 8.11. The van der Waals surface area contributed by atoms with Crippen molar-refractivity contribution in [3.8, 4) is 11.8 Å². The molecule has 0 unspecified atom stereocenters. The van der Waals surface area contributed by atoms with Crippen LogP contribution >= 0.6 is 11.8 Å². The molecule has 5 nitrogen and oxygen atoms in total. The van der Waals surface area contributed by atoms with Crippen LogP contribution in [0.1, 0.15) is 23.5 Å². The van der Waals surface area contributed by atoms with Gasteiger partial charge in [-0.05, 0) is 41.5 Å². The SMILES string of the molecule is COc1ccc2ccccc2c1[C@@H]1CC(=O)N2CN(c3cccc(C)c3)CSC2=C1C#N. The number of anilines is 1. The molecule has 2 aliphatic heterocycles. The number of benzene rings is 3. The highest BCUT2D eigenvalue weighted by Gasteiger charge is 2.39. The molecule has 0 saturated carbocycles. The predicted octanol–water partition coefficient (Wildman–Crippen LogP) is 5.38. The summed E-state index contributed by atoms with van der Waals surface area (Å²) >= 11 is 1.56. The number of aryl methyl sites for hydroxylation is 1. The van der Waals surface area contributed by atoms with E-state index in [2.05, 4.69) is 36.1 Å². The summed E-state index contributed by atoms with van der Waals surface area (Å²) in [6.07, 6.45) is 0.249. The van der Waals surface area contributed by atoms with E-state index in [4.69, 9.17) is 4.74 Å². The highest BCUT2D eigenvalue weighted by atomic mass is 32.2. The first-order chi connectivity index (χ1) is 15.6. The Balaban J connectivity index is 1.58. The molecule has 5 rings (SSSR count). The lowest BCUT2D eigenvalue weighted by atomic mass is 9.83. The number of nitriles is 1. The van der Waals surface area contributed by atoms with Crippen molar-refractivity contribution in [2.45, 2.75) is 19.3 Å². The van der Waals surface area contributed by atoms with Crippen molar-refractivity contribution in [3.63, 3.8) is 0 Å². The minimum atomic E-state index is -0.321. The van der Waals surface area contributed by atoms with E-state index in [0.717, 1.165) is 27.1 Å². The second kappa shape index (κ2) is 8.25. The molecule has 3 aromatic rings. The van der Waals surface area contributed by atoms with Gasteiger partial charge >= 0.3 is 0 Å². The molecule has 32 heavy (non-hydrogen) atoms. The number of rotatable bonds is 3. The average Bonchev–Trinajstić information content (AvgIpc) is 2.83. The standard InChI is InChI=1S/C26H23N3O2S/c1-17-6-5-8-19(12-17)28-15-29-24(30)13-21(22(14-27)26(29)32-16-28)25-20-9-4-3-7-18(20)10-11-23(25)31-2/h3-12,21H,13,15-16H2,1-2H3/t21-/m1/s1. The minimum Gasteiger partial charge on any atom is -0.496 e. The number of ether oxygens (including phenoxy) is 1. The Morgan fingerprint density at radius 1 is 1.12 bits per heavy atom. The summed E-state index contributed by atoms with van der Waals surface area (Å²) in [6, 6.07) is 22.7. The number of allylic oxidation sites excluding steroid dienone is 1. The first-order valence-corrected chi connectivity index (χ1v) is 11.5. The van der Waals surface area contributed by atoms with Crippen LogP contribution in [-0.4, -0.2) is 30.5 Å². The number of thioether (sulfide) groups is 1. The molecule has 2 aliphatic rings. The zero-order chi connectivity index (χ0) is 22.2. The third kappa shape index (κ3) is 3.39. The molecule has 6 heteroatoms. The van der Waals surface area contributed by atoms with E-state index in [1.807, 2.05) is 42.5 Å². The third-order valence-corrected chi connectivity index (χ3v) is 7.31. The highest BCUT2D eigenvalue weighted by molar-refractivity contribution is 8.03. The van der Waals surface area contributed by atoms with Gasteiger partial charge in [-0.2, -0.15) is 5.26 Å². The molecular weight excluding hydrogens is 418 g/mol. The summed E-state index contributed by atoms with van der Waals surface area (Å²) < 4.78 is 5.68. The number of carbonyl (C=O) groups is 1. The molecule has 3 aromatic carbocycles. The van der Waals surface area contributed by atoms with Crippen LogP contribution < -0.4 is 9.64 Å². The summed E-state index contributed by atoms with van der Waals surface area (Å²) in [7, 11) is 1.64. The van der Waals surface area contributed by atoms with Crippen molar-refractivity contribution in [2.24, 2.45) is 0 Å². The topological polar surface area (TPSA) is 56.6 Å². The number of nitrogens with zero attached hydrogens (tertiary/aromatic N) is 3. The normalized spacial score (nSPS) is 18.5. The molecule has 0 radical (unpaired) electrons. The van der Waals surface area contributed by atoms with Crippen molar-refractivity contribution >= 4 is 34.1 Å². The molecule has 0 spiro atoms. The van der Waals surface area contributed by atoms with Gasteiger partial charge in [0.05, 0.1) is 36.3 Å². The van der Waals surface area contributed by atoms with Crippen LogP contribution in [0.2, 0.25) is 0 Å². The lowest BCUT2D eigenvalue weighted by Gasteiger charge is -2.42.